The molecule has 4 unspecified atom stereocenters. The lowest BCUT2D eigenvalue weighted by atomic mass is 9.47. The maximum absolute atomic E-state index is 11.3. The second-order valence-corrected chi connectivity index (χ2v) is 10.7. The molecule has 2 saturated carbocycles. The van der Waals surface area contributed by atoms with Crippen molar-refractivity contribution in [3.05, 3.63) is 48.3 Å². The molecule has 7 atom stereocenters. The van der Waals surface area contributed by atoms with Crippen LogP contribution in [0, 0.1) is 28.6 Å². The Kier molecular flexibility index (Phi) is 3.96. The summed E-state index contributed by atoms with van der Waals surface area (Å²) < 4.78 is 2.30. The van der Waals surface area contributed by atoms with Crippen LogP contribution < -0.4 is 0 Å². The third-order valence-electron chi connectivity index (χ3n) is 9.36. The van der Waals surface area contributed by atoms with Crippen molar-refractivity contribution in [3.8, 4) is 0 Å². The smallest absolute Gasteiger partial charge is 0.100 e. The minimum absolute atomic E-state index is 0.0570. The largest absolute Gasteiger partial charge is 0.393 e. The summed E-state index contributed by atoms with van der Waals surface area (Å²) in [4.78, 5) is 4.64. The Labute approximate surface area is 178 Å². The number of aromatic nitrogens is 2. The van der Waals surface area contributed by atoms with Crippen LogP contribution in [0.3, 0.4) is 0 Å². The van der Waals surface area contributed by atoms with E-state index in [1.807, 2.05) is 12.4 Å². The first-order valence-electron chi connectivity index (χ1n) is 11.6. The van der Waals surface area contributed by atoms with Crippen LogP contribution in [0.1, 0.15) is 52.4 Å². The molecule has 30 heavy (non-hydrogen) atoms. The van der Waals surface area contributed by atoms with Crippen LogP contribution in [0.25, 0.3) is 16.7 Å². The van der Waals surface area contributed by atoms with Gasteiger partial charge in [0.1, 0.15) is 6.33 Å². The summed E-state index contributed by atoms with van der Waals surface area (Å²) in [7, 11) is 0. The zero-order valence-corrected chi connectivity index (χ0v) is 18.0. The fourth-order valence-electron chi connectivity index (χ4n) is 7.70. The van der Waals surface area contributed by atoms with Gasteiger partial charge in [-0.15, -0.1) is 0 Å². The van der Waals surface area contributed by atoms with Gasteiger partial charge in [0.25, 0.3) is 0 Å². The molecule has 0 amide bonds. The third kappa shape index (κ3) is 2.38. The molecule has 4 nitrogen and oxygen atoms in total. The topological polar surface area (TPSA) is 58.3 Å². The van der Waals surface area contributed by atoms with Gasteiger partial charge in [0.05, 0.1) is 23.2 Å². The number of fused-ring (bicyclic) bond motifs is 6. The van der Waals surface area contributed by atoms with E-state index in [1.54, 1.807) is 0 Å². The first kappa shape index (κ1) is 18.8. The van der Waals surface area contributed by atoms with Crippen LogP contribution in [0.5, 0.6) is 0 Å². The molecule has 1 heterocycles. The zero-order chi connectivity index (χ0) is 20.7. The second kappa shape index (κ2) is 6.30. The number of hydrogen-bond donors (Lipinski definition) is 2. The number of benzene rings is 1. The molecule has 0 spiro atoms. The molecule has 0 saturated heterocycles. The van der Waals surface area contributed by atoms with Crippen molar-refractivity contribution in [1.82, 2.24) is 9.55 Å². The first-order valence-corrected chi connectivity index (χ1v) is 11.6. The Morgan fingerprint density at radius 1 is 1.03 bits per heavy atom. The lowest BCUT2D eigenvalue weighted by Crippen LogP contribution is -2.54. The molecule has 2 N–H and O–H groups in total. The number of aliphatic hydroxyl groups is 2. The van der Waals surface area contributed by atoms with Crippen molar-refractivity contribution in [1.29, 1.82) is 0 Å². The first-order chi connectivity index (χ1) is 14.4. The van der Waals surface area contributed by atoms with Crippen molar-refractivity contribution < 1.29 is 10.2 Å². The van der Waals surface area contributed by atoms with Gasteiger partial charge in [-0.1, -0.05) is 43.7 Å². The number of allylic oxidation sites excluding steroid dienone is 2. The van der Waals surface area contributed by atoms with E-state index in [9.17, 15) is 10.2 Å². The van der Waals surface area contributed by atoms with Gasteiger partial charge in [-0.05, 0) is 73.8 Å². The fourth-order valence-corrected chi connectivity index (χ4v) is 7.70. The quantitative estimate of drug-likeness (QED) is 0.673. The van der Waals surface area contributed by atoms with Crippen LogP contribution in [0.2, 0.25) is 0 Å². The third-order valence-corrected chi connectivity index (χ3v) is 9.36. The van der Waals surface area contributed by atoms with E-state index in [1.165, 1.54) is 16.8 Å². The molecule has 1 aromatic heterocycles. The number of para-hydroxylation sites is 2. The molecule has 2 fully saturated rings. The van der Waals surface area contributed by atoms with Gasteiger partial charge in [0.15, 0.2) is 0 Å². The Hall–Kier alpha value is -1.91. The number of imidazole rings is 1. The van der Waals surface area contributed by atoms with Gasteiger partial charge in [-0.3, -0.25) is 0 Å². The number of hydrogen-bond acceptors (Lipinski definition) is 3. The number of rotatable bonds is 1. The minimum atomic E-state index is -0.403. The Bertz CT molecular complexity index is 1070. The average Bonchev–Trinajstić information content (AvgIpc) is 3.30. The van der Waals surface area contributed by atoms with Crippen molar-refractivity contribution in [2.75, 3.05) is 0 Å². The van der Waals surface area contributed by atoms with Crippen molar-refractivity contribution >= 4 is 16.7 Å². The fraction of sp³-hybridized carbons (Fsp3) is 0.577. The van der Waals surface area contributed by atoms with Gasteiger partial charge >= 0.3 is 0 Å². The molecule has 0 aliphatic heterocycles. The average molecular weight is 405 g/mol. The van der Waals surface area contributed by atoms with Crippen LogP contribution in [0.15, 0.2) is 48.3 Å². The molecule has 2 aromatic rings. The zero-order valence-electron chi connectivity index (χ0n) is 18.0. The van der Waals surface area contributed by atoms with E-state index in [2.05, 4.69) is 53.7 Å². The standard InChI is InChI=1S/C26H32N2O2/c1-25-11-9-17(29)13-16(25)14-22(30)24-18-7-8-23(26(18,2)12-10-19(24)25)28-15-27-20-5-3-4-6-21(20)28/h3-6,8,14-15,17-19,22,24,29-30H,7,9-13H2,1-2H3/t17-,18?,19?,22?,24?,25-,26-/m0/s1. The monoisotopic (exact) mass is 404 g/mol. The van der Waals surface area contributed by atoms with E-state index < -0.39 is 6.10 Å². The maximum atomic E-state index is 11.3. The molecule has 1 aromatic carbocycles. The van der Waals surface area contributed by atoms with E-state index in [0.717, 1.165) is 44.0 Å². The van der Waals surface area contributed by atoms with E-state index >= 15 is 0 Å². The molecule has 4 aliphatic rings. The Morgan fingerprint density at radius 3 is 2.70 bits per heavy atom. The van der Waals surface area contributed by atoms with E-state index in [0.29, 0.717) is 11.8 Å². The minimum Gasteiger partial charge on any atom is -0.393 e. The lowest BCUT2D eigenvalue weighted by molar-refractivity contribution is -0.0739. The SMILES string of the molecule is C[C@]12CC[C@H](O)CC1=CC(O)C1C2CC[C@]2(C)C(n3cnc4ccccc43)=CCC12. The molecule has 0 bridgehead atoms. The highest BCUT2D eigenvalue weighted by Gasteiger charge is 2.59. The molecule has 158 valence electrons. The maximum Gasteiger partial charge on any atom is 0.100 e. The van der Waals surface area contributed by atoms with Crippen molar-refractivity contribution in [3.63, 3.8) is 0 Å². The molecular formula is C26H32N2O2. The Morgan fingerprint density at radius 2 is 1.83 bits per heavy atom. The summed E-state index contributed by atoms with van der Waals surface area (Å²) in [5.41, 5.74) is 5.08. The van der Waals surface area contributed by atoms with Gasteiger partial charge in [-0.25, -0.2) is 4.98 Å². The molecule has 6 rings (SSSR count). The second-order valence-electron chi connectivity index (χ2n) is 10.7. The highest BCUT2D eigenvalue weighted by molar-refractivity contribution is 5.80. The number of aliphatic hydroxyl groups excluding tert-OH is 2. The van der Waals surface area contributed by atoms with Crippen LogP contribution >= 0.6 is 0 Å². The summed E-state index contributed by atoms with van der Waals surface area (Å²) >= 11 is 0. The lowest BCUT2D eigenvalue weighted by Gasteiger charge is -2.58. The summed E-state index contributed by atoms with van der Waals surface area (Å²) in [5.74, 6) is 1.24. The highest BCUT2D eigenvalue weighted by atomic mass is 16.3. The van der Waals surface area contributed by atoms with Gasteiger partial charge in [0, 0.05) is 11.1 Å². The van der Waals surface area contributed by atoms with E-state index in [-0.39, 0.29) is 22.9 Å². The predicted molar refractivity (Wildman–Crippen MR) is 118 cm³/mol. The molecule has 0 radical (unpaired) electrons. The molecule has 4 aliphatic carbocycles. The Balaban J connectivity index is 1.39. The van der Waals surface area contributed by atoms with E-state index in [4.69, 9.17) is 0 Å². The summed E-state index contributed by atoms with van der Waals surface area (Å²) in [5, 5.41) is 21.5. The molecule has 4 heteroatoms. The molecular weight excluding hydrogens is 372 g/mol. The summed E-state index contributed by atoms with van der Waals surface area (Å²) in [6.07, 6.45) is 11.9. The summed E-state index contributed by atoms with van der Waals surface area (Å²) in [6, 6.07) is 8.36. The number of nitrogens with zero attached hydrogens (tertiary/aromatic N) is 2. The van der Waals surface area contributed by atoms with Crippen LogP contribution in [-0.4, -0.2) is 32.0 Å². The van der Waals surface area contributed by atoms with Gasteiger partial charge < -0.3 is 14.8 Å². The normalized spacial score (nSPS) is 42.9. The predicted octanol–water partition coefficient (Wildman–Crippen LogP) is 4.78. The van der Waals surface area contributed by atoms with Crippen LogP contribution in [0.4, 0.5) is 0 Å². The van der Waals surface area contributed by atoms with Crippen molar-refractivity contribution in [2.24, 2.45) is 28.6 Å². The van der Waals surface area contributed by atoms with Crippen molar-refractivity contribution in [2.45, 2.75) is 64.6 Å². The van der Waals surface area contributed by atoms with Gasteiger partial charge in [0.2, 0.25) is 0 Å². The summed E-state index contributed by atoms with van der Waals surface area (Å²) in [6.45, 7) is 4.82. The van der Waals surface area contributed by atoms with Crippen LogP contribution in [-0.2, 0) is 0 Å². The van der Waals surface area contributed by atoms with Gasteiger partial charge in [-0.2, -0.15) is 0 Å². The highest BCUT2D eigenvalue weighted by Crippen LogP contribution is 2.65.